The molecule has 0 bridgehead atoms. The van der Waals surface area contributed by atoms with Crippen LogP contribution in [0.4, 0.5) is 0 Å². The van der Waals surface area contributed by atoms with E-state index in [0.717, 1.165) is 13.2 Å². The molecule has 1 N–H and O–H groups in total. The van der Waals surface area contributed by atoms with Crippen LogP contribution >= 0.6 is 0 Å². The number of hydrogen-bond donors (Lipinski definition) is 1. The van der Waals surface area contributed by atoms with Gasteiger partial charge in [-0.1, -0.05) is 87.6 Å². The zero-order chi connectivity index (χ0) is 19.2. The van der Waals surface area contributed by atoms with Crippen LogP contribution in [0.2, 0.25) is 0 Å². The summed E-state index contributed by atoms with van der Waals surface area (Å²) in [6.45, 7) is 5.62. The Morgan fingerprint density at radius 1 is 0.828 bits per heavy atom. The second-order valence-electron chi connectivity index (χ2n) is 8.19. The highest BCUT2D eigenvalue weighted by molar-refractivity contribution is 6.02. The van der Waals surface area contributed by atoms with E-state index in [-0.39, 0.29) is 12.4 Å². The Hall–Kier alpha value is -2.03. The Morgan fingerprint density at radius 3 is 2.14 bits per heavy atom. The SMILES string of the molecule is CCCCCCCCN1C=C[NH+](Cc2c3ccccc3cc3ccccc23)C1.[Cl-]. The van der Waals surface area contributed by atoms with Gasteiger partial charge in [-0.25, -0.2) is 0 Å². The zero-order valence-electron chi connectivity index (χ0n) is 17.5. The van der Waals surface area contributed by atoms with Gasteiger partial charge >= 0.3 is 0 Å². The number of nitrogens with zero attached hydrogens (tertiary/aromatic N) is 1. The fraction of sp³-hybridized carbons (Fsp3) is 0.385. The van der Waals surface area contributed by atoms with Crippen molar-refractivity contribution in [3.8, 4) is 0 Å². The van der Waals surface area contributed by atoms with Crippen LogP contribution in [0.5, 0.6) is 0 Å². The molecular formula is C26H33ClN2. The lowest BCUT2D eigenvalue weighted by Gasteiger charge is -2.19. The minimum absolute atomic E-state index is 0. The molecule has 0 radical (unpaired) electrons. The fourth-order valence-electron chi connectivity index (χ4n) is 4.47. The molecule has 0 aromatic heterocycles. The third kappa shape index (κ3) is 5.32. The molecule has 3 heteroatoms. The molecule has 0 saturated heterocycles. The van der Waals surface area contributed by atoms with E-state index in [9.17, 15) is 0 Å². The predicted molar refractivity (Wildman–Crippen MR) is 120 cm³/mol. The van der Waals surface area contributed by atoms with Crippen molar-refractivity contribution in [3.63, 3.8) is 0 Å². The van der Waals surface area contributed by atoms with Crippen LogP contribution in [0, 0.1) is 0 Å². The fourth-order valence-corrected chi connectivity index (χ4v) is 4.47. The van der Waals surface area contributed by atoms with Gasteiger partial charge in [0.15, 0.2) is 6.67 Å². The number of nitrogens with one attached hydrogen (secondary N) is 1. The van der Waals surface area contributed by atoms with Gasteiger partial charge in [0.25, 0.3) is 0 Å². The minimum atomic E-state index is 0. The molecule has 0 aliphatic carbocycles. The third-order valence-electron chi connectivity index (χ3n) is 6.01. The highest BCUT2D eigenvalue weighted by Crippen LogP contribution is 2.28. The maximum absolute atomic E-state index is 2.50. The van der Waals surface area contributed by atoms with Gasteiger partial charge in [0.2, 0.25) is 0 Å². The largest absolute Gasteiger partial charge is 1.00 e. The van der Waals surface area contributed by atoms with E-state index in [2.05, 4.69) is 78.8 Å². The van der Waals surface area contributed by atoms with E-state index >= 15 is 0 Å². The number of quaternary nitrogens is 1. The van der Waals surface area contributed by atoms with Crippen molar-refractivity contribution in [2.24, 2.45) is 0 Å². The first-order valence-corrected chi connectivity index (χ1v) is 11.0. The maximum Gasteiger partial charge on any atom is 0.157 e. The summed E-state index contributed by atoms with van der Waals surface area (Å²) >= 11 is 0. The lowest BCUT2D eigenvalue weighted by molar-refractivity contribution is -0.863. The van der Waals surface area contributed by atoms with Gasteiger partial charge in [0.1, 0.15) is 12.7 Å². The van der Waals surface area contributed by atoms with Crippen molar-refractivity contribution in [3.05, 3.63) is 72.6 Å². The van der Waals surface area contributed by atoms with Crippen LogP contribution in [0.25, 0.3) is 21.5 Å². The van der Waals surface area contributed by atoms with Crippen LogP contribution in [-0.4, -0.2) is 18.1 Å². The Balaban J connectivity index is 0.00000240. The van der Waals surface area contributed by atoms with Crippen molar-refractivity contribution in [1.82, 2.24) is 4.90 Å². The first-order valence-electron chi connectivity index (χ1n) is 11.0. The summed E-state index contributed by atoms with van der Waals surface area (Å²) in [7, 11) is 0. The monoisotopic (exact) mass is 408 g/mol. The summed E-state index contributed by atoms with van der Waals surface area (Å²) in [5.41, 5.74) is 1.48. The molecule has 1 aliphatic heterocycles. The zero-order valence-corrected chi connectivity index (χ0v) is 18.3. The van der Waals surface area contributed by atoms with Crippen LogP contribution in [0.15, 0.2) is 67.0 Å². The first kappa shape index (κ1) is 21.7. The highest BCUT2D eigenvalue weighted by atomic mass is 35.5. The molecule has 0 spiro atoms. The smallest absolute Gasteiger partial charge is 0.157 e. The lowest BCUT2D eigenvalue weighted by Crippen LogP contribution is -3.05. The molecule has 2 nitrogen and oxygen atoms in total. The van der Waals surface area contributed by atoms with E-state index in [1.807, 2.05) is 0 Å². The van der Waals surface area contributed by atoms with Crippen molar-refractivity contribution in [2.45, 2.75) is 52.0 Å². The molecule has 0 fully saturated rings. The van der Waals surface area contributed by atoms with Gasteiger partial charge in [-0.3, -0.25) is 4.90 Å². The second-order valence-corrected chi connectivity index (χ2v) is 8.19. The highest BCUT2D eigenvalue weighted by Gasteiger charge is 2.19. The van der Waals surface area contributed by atoms with Gasteiger partial charge < -0.3 is 17.3 Å². The molecule has 1 aliphatic rings. The maximum atomic E-state index is 2.50. The van der Waals surface area contributed by atoms with Gasteiger partial charge in [-0.15, -0.1) is 0 Å². The Morgan fingerprint density at radius 2 is 1.45 bits per heavy atom. The second kappa shape index (κ2) is 10.7. The standard InChI is InChI=1S/C26H32N2.ClH/c1-2-3-4-5-6-11-16-27-17-18-28(21-27)20-26-24-14-9-7-12-22(24)19-23-13-8-10-15-25(23)26;/h7-10,12-15,17-19H,2-6,11,16,20-21H2,1H3;1H. The van der Waals surface area contributed by atoms with E-state index in [4.69, 9.17) is 0 Å². The Labute approximate surface area is 181 Å². The van der Waals surface area contributed by atoms with Crippen molar-refractivity contribution >= 4 is 21.5 Å². The predicted octanol–water partition coefficient (Wildman–Crippen LogP) is 2.49. The lowest BCUT2D eigenvalue weighted by atomic mass is 9.96. The van der Waals surface area contributed by atoms with Crippen molar-refractivity contribution in [2.75, 3.05) is 13.2 Å². The van der Waals surface area contributed by atoms with Crippen LogP contribution in [0.3, 0.4) is 0 Å². The topological polar surface area (TPSA) is 7.68 Å². The van der Waals surface area contributed by atoms with Crippen molar-refractivity contribution in [1.29, 1.82) is 0 Å². The van der Waals surface area contributed by atoms with Crippen LogP contribution < -0.4 is 17.3 Å². The molecule has 3 aromatic rings. The number of halogens is 1. The van der Waals surface area contributed by atoms with Crippen molar-refractivity contribution < 1.29 is 17.3 Å². The van der Waals surface area contributed by atoms with Crippen LogP contribution in [-0.2, 0) is 6.54 Å². The number of fused-ring (bicyclic) bond motifs is 2. The normalized spacial score (nSPS) is 15.9. The number of benzene rings is 3. The molecule has 1 atom stereocenters. The number of rotatable bonds is 9. The summed E-state index contributed by atoms with van der Waals surface area (Å²) in [4.78, 5) is 4.04. The number of unbranched alkanes of at least 4 members (excludes halogenated alkanes) is 5. The Kier molecular flexibility index (Phi) is 7.97. The average Bonchev–Trinajstić information content (AvgIpc) is 3.18. The van der Waals surface area contributed by atoms with Gasteiger partial charge in [-0.05, 0) is 34.0 Å². The third-order valence-corrected chi connectivity index (χ3v) is 6.01. The number of hydrogen-bond acceptors (Lipinski definition) is 1. The van der Waals surface area contributed by atoms with E-state index < -0.39 is 0 Å². The molecule has 3 aromatic carbocycles. The molecule has 1 heterocycles. The Bertz CT molecular complexity index is 896. The average molecular weight is 409 g/mol. The van der Waals surface area contributed by atoms with E-state index in [1.54, 1.807) is 0 Å². The molecule has 1 unspecified atom stereocenters. The van der Waals surface area contributed by atoms with Gasteiger partial charge in [0, 0.05) is 12.1 Å². The minimum Gasteiger partial charge on any atom is -1.00 e. The molecule has 4 rings (SSSR count). The summed E-state index contributed by atoms with van der Waals surface area (Å²) in [6.07, 6.45) is 12.9. The summed E-state index contributed by atoms with van der Waals surface area (Å²) in [6, 6.07) is 20.0. The van der Waals surface area contributed by atoms with Gasteiger partial charge in [-0.2, -0.15) is 0 Å². The summed E-state index contributed by atoms with van der Waals surface area (Å²) in [5.74, 6) is 0. The molecular weight excluding hydrogens is 376 g/mol. The summed E-state index contributed by atoms with van der Waals surface area (Å²) in [5, 5.41) is 5.50. The van der Waals surface area contributed by atoms with Gasteiger partial charge in [0.05, 0.1) is 6.20 Å². The van der Waals surface area contributed by atoms with Crippen LogP contribution in [0.1, 0.15) is 51.0 Å². The molecule has 0 saturated carbocycles. The van der Waals surface area contributed by atoms with E-state index in [0.29, 0.717) is 0 Å². The van der Waals surface area contributed by atoms with E-state index in [1.165, 1.54) is 77.1 Å². The summed E-state index contributed by atoms with van der Waals surface area (Å²) < 4.78 is 0. The first-order chi connectivity index (χ1) is 13.8. The quantitative estimate of drug-likeness (QED) is 0.422. The molecule has 29 heavy (non-hydrogen) atoms. The molecule has 0 amide bonds. The molecule has 154 valence electrons.